The Kier molecular flexibility index (Phi) is 3.13. The van der Waals surface area contributed by atoms with Gasteiger partial charge in [-0.05, 0) is 36.4 Å². The van der Waals surface area contributed by atoms with Gasteiger partial charge in [-0.3, -0.25) is 4.40 Å². The molecule has 0 fully saturated rings. The normalized spacial score (nSPS) is 11.9. The standard InChI is InChI=1S/C21H19N5/c1-3-4-13-7-8-26-17(10-13)24-18-14-6-5-12(2)9-15(14)16-11-23-21(22)25-19(16)20(18)26/h5-11H,3-4H2,1-2H3,(H2,22,23,25). The van der Waals surface area contributed by atoms with E-state index in [1.807, 2.05) is 6.20 Å². The summed E-state index contributed by atoms with van der Waals surface area (Å²) in [6.07, 6.45) is 6.08. The van der Waals surface area contributed by atoms with Crippen molar-refractivity contribution in [1.82, 2.24) is 19.4 Å². The Labute approximate surface area is 150 Å². The van der Waals surface area contributed by atoms with Crippen LogP contribution >= 0.6 is 0 Å². The number of nitrogen functional groups attached to an aromatic ring is 1. The monoisotopic (exact) mass is 341 g/mol. The zero-order chi connectivity index (χ0) is 17.8. The number of aryl methyl sites for hydroxylation is 2. The molecule has 5 heteroatoms. The van der Waals surface area contributed by atoms with E-state index >= 15 is 0 Å². The van der Waals surface area contributed by atoms with Crippen LogP contribution in [0.2, 0.25) is 0 Å². The molecule has 26 heavy (non-hydrogen) atoms. The van der Waals surface area contributed by atoms with E-state index in [0.29, 0.717) is 0 Å². The van der Waals surface area contributed by atoms with Crippen LogP contribution in [0.4, 0.5) is 5.95 Å². The number of anilines is 1. The fourth-order valence-corrected chi connectivity index (χ4v) is 3.81. The first-order valence-corrected chi connectivity index (χ1v) is 8.91. The van der Waals surface area contributed by atoms with Gasteiger partial charge >= 0.3 is 0 Å². The third-order valence-corrected chi connectivity index (χ3v) is 4.98. The molecule has 2 N–H and O–H groups in total. The molecule has 0 saturated carbocycles. The maximum atomic E-state index is 5.91. The van der Waals surface area contributed by atoms with Crippen LogP contribution in [0.5, 0.6) is 0 Å². The SMILES string of the molecule is CCCc1ccn2c(c1)nc1c3ccc(C)cc3c3cnc(N)nc3c12. The molecule has 0 aliphatic carbocycles. The summed E-state index contributed by atoms with van der Waals surface area (Å²) in [5, 5.41) is 3.24. The summed E-state index contributed by atoms with van der Waals surface area (Å²) in [6.45, 7) is 4.28. The zero-order valence-electron chi connectivity index (χ0n) is 14.8. The van der Waals surface area contributed by atoms with E-state index in [4.69, 9.17) is 10.7 Å². The van der Waals surface area contributed by atoms with Gasteiger partial charge in [0, 0.05) is 23.2 Å². The highest BCUT2D eigenvalue weighted by Crippen LogP contribution is 2.34. The number of nitrogens with zero attached hydrogens (tertiary/aromatic N) is 4. The summed E-state index contributed by atoms with van der Waals surface area (Å²) >= 11 is 0. The highest BCUT2D eigenvalue weighted by Gasteiger charge is 2.16. The molecule has 0 atom stereocenters. The first-order valence-electron chi connectivity index (χ1n) is 8.91. The summed E-state index contributed by atoms with van der Waals surface area (Å²) in [4.78, 5) is 13.8. The maximum Gasteiger partial charge on any atom is 0.220 e. The molecule has 0 radical (unpaired) electrons. The topological polar surface area (TPSA) is 69.1 Å². The van der Waals surface area contributed by atoms with Crippen molar-refractivity contribution in [2.75, 3.05) is 5.73 Å². The minimum Gasteiger partial charge on any atom is -0.368 e. The van der Waals surface area contributed by atoms with Gasteiger partial charge in [0.1, 0.15) is 16.7 Å². The lowest BCUT2D eigenvalue weighted by atomic mass is 10.0. The van der Waals surface area contributed by atoms with E-state index in [-0.39, 0.29) is 5.95 Å². The molecule has 0 unspecified atom stereocenters. The number of benzene rings is 2. The van der Waals surface area contributed by atoms with E-state index in [0.717, 1.165) is 51.2 Å². The molecule has 5 aromatic rings. The Morgan fingerprint density at radius 3 is 2.69 bits per heavy atom. The van der Waals surface area contributed by atoms with Crippen molar-refractivity contribution in [3.63, 3.8) is 0 Å². The Balaban J connectivity index is 2.04. The Hall–Kier alpha value is -3.21. The van der Waals surface area contributed by atoms with Gasteiger partial charge in [0.25, 0.3) is 0 Å². The number of hydrogen-bond acceptors (Lipinski definition) is 4. The van der Waals surface area contributed by atoms with Gasteiger partial charge < -0.3 is 5.73 Å². The lowest BCUT2D eigenvalue weighted by Crippen LogP contribution is -1.97. The molecule has 0 spiro atoms. The first kappa shape index (κ1) is 15.1. The van der Waals surface area contributed by atoms with Crippen molar-refractivity contribution in [3.05, 3.63) is 53.9 Å². The van der Waals surface area contributed by atoms with Gasteiger partial charge in [0.05, 0.1) is 5.52 Å². The number of nitrogens with two attached hydrogens (primary N) is 1. The number of pyridine rings is 1. The molecule has 0 aliphatic rings. The van der Waals surface area contributed by atoms with Crippen LogP contribution in [0, 0.1) is 6.92 Å². The van der Waals surface area contributed by atoms with Gasteiger partial charge in [-0.2, -0.15) is 0 Å². The number of hydrogen-bond donors (Lipinski definition) is 1. The Bertz CT molecular complexity index is 1320. The predicted molar refractivity (Wildman–Crippen MR) is 106 cm³/mol. The summed E-state index contributed by atoms with van der Waals surface area (Å²) in [5.41, 5.74) is 12.1. The summed E-state index contributed by atoms with van der Waals surface area (Å²) in [7, 11) is 0. The molecular weight excluding hydrogens is 322 g/mol. The zero-order valence-corrected chi connectivity index (χ0v) is 14.8. The van der Waals surface area contributed by atoms with Gasteiger partial charge in [0.15, 0.2) is 0 Å². The lowest BCUT2D eigenvalue weighted by molar-refractivity contribution is 0.918. The average molecular weight is 341 g/mol. The minimum absolute atomic E-state index is 0.281. The molecule has 5 nitrogen and oxygen atoms in total. The van der Waals surface area contributed by atoms with Gasteiger partial charge in [-0.15, -0.1) is 0 Å². The second-order valence-electron chi connectivity index (χ2n) is 6.86. The van der Waals surface area contributed by atoms with Crippen LogP contribution in [0.1, 0.15) is 24.5 Å². The van der Waals surface area contributed by atoms with Crippen molar-refractivity contribution in [1.29, 1.82) is 0 Å². The van der Waals surface area contributed by atoms with E-state index in [2.05, 4.69) is 64.7 Å². The van der Waals surface area contributed by atoms with Crippen LogP contribution in [0.15, 0.2) is 42.7 Å². The third-order valence-electron chi connectivity index (χ3n) is 4.98. The van der Waals surface area contributed by atoms with Gasteiger partial charge in [0.2, 0.25) is 5.95 Å². The van der Waals surface area contributed by atoms with E-state index < -0.39 is 0 Å². The number of imidazole rings is 1. The van der Waals surface area contributed by atoms with Crippen molar-refractivity contribution in [2.45, 2.75) is 26.7 Å². The number of fused-ring (bicyclic) bond motifs is 8. The Morgan fingerprint density at radius 1 is 1.00 bits per heavy atom. The summed E-state index contributed by atoms with van der Waals surface area (Å²) in [5.74, 6) is 0.281. The highest BCUT2D eigenvalue weighted by atomic mass is 15.0. The van der Waals surface area contributed by atoms with Crippen molar-refractivity contribution >= 4 is 44.3 Å². The van der Waals surface area contributed by atoms with E-state index in [9.17, 15) is 0 Å². The fraction of sp³-hybridized carbons (Fsp3) is 0.190. The maximum absolute atomic E-state index is 5.91. The van der Waals surface area contributed by atoms with Gasteiger partial charge in [-0.1, -0.05) is 37.1 Å². The van der Waals surface area contributed by atoms with Crippen LogP contribution in [0.3, 0.4) is 0 Å². The summed E-state index contributed by atoms with van der Waals surface area (Å²) < 4.78 is 2.11. The molecule has 0 aliphatic heterocycles. The van der Waals surface area contributed by atoms with Crippen LogP contribution in [-0.4, -0.2) is 19.4 Å². The largest absolute Gasteiger partial charge is 0.368 e. The molecule has 3 heterocycles. The Morgan fingerprint density at radius 2 is 1.85 bits per heavy atom. The molecule has 5 rings (SSSR count). The predicted octanol–water partition coefficient (Wildman–Crippen LogP) is 4.43. The van der Waals surface area contributed by atoms with E-state index in [1.54, 1.807) is 0 Å². The number of aromatic nitrogens is 4. The molecule has 0 saturated heterocycles. The molecule has 2 aromatic carbocycles. The molecule has 3 aromatic heterocycles. The van der Waals surface area contributed by atoms with Crippen LogP contribution in [-0.2, 0) is 6.42 Å². The third kappa shape index (κ3) is 2.07. The quantitative estimate of drug-likeness (QED) is 0.482. The second kappa shape index (κ2) is 5.39. The summed E-state index contributed by atoms with van der Waals surface area (Å²) in [6, 6.07) is 10.8. The van der Waals surface area contributed by atoms with Crippen LogP contribution in [0.25, 0.3) is 38.4 Å². The fourth-order valence-electron chi connectivity index (χ4n) is 3.81. The average Bonchev–Trinajstić information content (AvgIpc) is 3.00. The van der Waals surface area contributed by atoms with Crippen molar-refractivity contribution < 1.29 is 0 Å². The smallest absolute Gasteiger partial charge is 0.220 e. The minimum atomic E-state index is 0.281. The molecule has 128 valence electrons. The number of rotatable bonds is 2. The second-order valence-corrected chi connectivity index (χ2v) is 6.86. The lowest BCUT2D eigenvalue weighted by Gasteiger charge is -2.07. The molecular formula is C21H19N5. The highest BCUT2D eigenvalue weighted by molar-refractivity contribution is 6.22. The van der Waals surface area contributed by atoms with Crippen LogP contribution < -0.4 is 5.73 Å². The van der Waals surface area contributed by atoms with Crippen molar-refractivity contribution in [2.24, 2.45) is 0 Å². The van der Waals surface area contributed by atoms with Gasteiger partial charge in [-0.25, -0.2) is 15.0 Å². The van der Waals surface area contributed by atoms with E-state index in [1.165, 1.54) is 11.1 Å². The first-order chi connectivity index (χ1) is 12.7. The molecule has 0 bridgehead atoms. The van der Waals surface area contributed by atoms with Crippen molar-refractivity contribution in [3.8, 4) is 0 Å². The molecule has 0 amide bonds.